The third-order valence-electron chi connectivity index (χ3n) is 5.83. The van der Waals surface area contributed by atoms with Crippen molar-refractivity contribution in [1.29, 1.82) is 0 Å². The van der Waals surface area contributed by atoms with Crippen LogP contribution >= 0.6 is 0 Å². The number of benzene rings is 3. The standard InChI is InChI=1S/C26H21F2N5O3S/c1-36-25-22(32-37(34,35)24-10-8-19(27)13-20(24)28)11-18(14-30-25)17-7-9-21-23(12-17)33(26(29)31-21)15-16-5-3-2-4-6-16/h2-14,32H,15H2,1H3,(H2,29,31)/p+1. The molecule has 0 radical (unpaired) electrons. The molecule has 8 nitrogen and oxygen atoms in total. The van der Waals surface area contributed by atoms with Gasteiger partial charge in [-0.3, -0.25) is 10.5 Å². The second-order valence-corrected chi connectivity index (χ2v) is 9.93. The topological polar surface area (TPSA) is 114 Å². The molecule has 0 bridgehead atoms. The molecular formula is C26H22F2N5O3S+. The van der Waals surface area contributed by atoms with Gasteiger partial charge in [0.25, 0.3) is 10.0 Å². The number of fused-ring (bicyclic) bond motifs is 1. The molecule has 11 heteroatoms. The molecule has 0 saturated heterocycles. The lowest BCUT2D eigenvalue weighted by atomic mass is 10.1. The van der Waals surface area contributed by atoms with Gasteiger partial charge in [-0.1, -0.05) is 36.4 Å². The molecule has 0 aliphatic carbocycles. The Morgan fingerprint density at radius 1 is 1.03 bits per heavy atom. The Morgan fingerprint density at radius 3 is 2.54 bits per heavy atom. The number of aromatic amines is 1. The molecule has 3 aromatic carbocycles. The molecule has 0 fully saturated rings. The van der Waals surface area contributed by atoms with Crippen LogP contribution in [-0.2, 0) is 16.6 Å². The molecule has 2 aromatic heterocycles. The SMILES string of the molecule is COc1ncc(-c2ccc3[nH]c(N)[n+](Cc4ccccc4)c3c2)cc1NS(=O)(=O)c1ccc(F)cc1F. The average molecular weight is 523 g/mol. The Hall–Kier alpha value is -4.51. The Labute approximate surface area is 211 Å². The fourth-order valence-electron chi connectivity index (χ4n) is 4.05. The summed E-state index contributed by atoms with van der Waals surface area (Å²) in [7, 11) is -3.07. The Balaban J connectivity index is 1.54. The molecular weight excluding hydrogens is 500 g/mol. The highest BCUT2D eigenvalue weighted by Gasteiger charge is 2.23. The van der Waals surface area contributed by atoms with E-state index in [1.54, 1.807) is 0 Å². The number of anilines is 2. The van der Waals surface area contributed by atoms with Crippen LogP contribution in [-0.4, -0.2) is 25.5 Å². The number of nitrogen functional groups attached to an aromatic ring is 1. The van der Waals surface area contributed by atoms with Crippen LogP contribution in [0, 0.1) is 11.6 Å². The lowest BCUT2D eigenvalue weighted by molar-refractivity contribution is -0.647. The van der Waals surface area contributed by atoms with Crippen molar-refractivity contribution in [3.63, 3.8) is 0 Å². The van der Waals surface area contributed by atoms with Crippen molar-refractivity contribution in [3.05, 3.63) is 96.2 Å². The summed E-state index contributed by atoms with van der Waals surface area (Å²) in [6.07, 6.45) is 1.54. The lowest BCUT2D eigenvalue weighted by Gasteiger charge is -2.13. The van der Waals surface area contributed by atoms with Gasteiger partial charge in [-0.25, -0.2) is 31.7 Å². The number of imidazole rings is 1. The van der Waals surface area contributed by atoms with Crippen LogP contribution in [0.3, 0.4) is 0 Å². The molecule has 5 rings (SSSR count). The summed E-state index contributed by atoms with van der Waals surface area (Å²) in [5.41, 5.74) is 10.3. The van der Waals surface area contributed by atoms with E-state index in [9.17, 15) is 17.2 Å². The van der Waals surface area contributed by atoms with Crippen molar-refractivity contribution < 1.29 is 26.5 Å². The number of pyridine rings is 1. The summed E-state index contributed by atoms with van der Waals surface area (Å²) in [5.74, 6) is -1.63. The van der Waals surface area contributed by atoms with Gasteiger partial charge in [0, 0.05) is 17.8 Å². The first-order valence-corrected chi connectivity index (χ1v) is 12.6. The van der Waals surface area contributed by atoms with Crippen LogP contribution in [0.15, 0.2) is 83.9 Å². The maximum Gasteiger partial charge on any atom is 0.353 e. The summed E-state index contributed by atoms with van der Waals surface area (Å²) < 4.78 is 62.7. The minimum Gasteiger partial charge on any atom is -0.480 e. The maximum absolute atomic E-state index is 14.2. The largest absolute Gasteiger partial charge is 0.480 e. The fourth-order valence-corrected chi connectivity index (χ4v) is 5.16. The Kier molecular flexibility index (Phi) is 6.22. The summed E-state index contributed by atoms with van der Waals surface area (Å²) in [4.78, 5) is 6.69. The molecule has 0 spiro atoms. The van der Waals surface area contributed by atoms with Crippen LogP contribution < -0.4 is 19.8 Å². The minimum absolute atomic E-state index is 0.00503. The van der Waals surface area contributed by atoms with Gasteiger partial charge in [0.05, 0.1) is 13.7 Å². The number of H-pyrrole nitrogens is 1. The van der Waals surface area contributed by atoms with Gasteiger partial charge in [-0.15, -0.1) is 0 Å². The number of hydrogen-bond acceptors (Lipinski definition) is 5. The quantitative estimate of drug-likeness (QED) is 0.277. The zero-order valence-electron chi connectivity index (χ0n) is 19.6. The van der Waals surface area contributed by atoms with E-state index in [-0.39, 0.29) is 11.6 Å². The number of ether oxygens (including phenoxy) is 1. The van der Waals surface area contributed by atoms with Crippen LogP contribution in [0.25, 0.3) is 22.2 Å². The van der Waals surface area contributed by atoms with E-state index >= 15 is 0 Å². The van der Waals surface area contributed by atoms with E-state index in [0.29, 0.717) is 24.1 Å². The molecule has 37 heavy (non-hydrogen) atoms. The molecule has 5 aromatic rings. The minimum atomic E-state index is -4.40. The lowest BCUT2D eigenvalue weighted by Crippen LogP contribution is -2.36. The predicted octanol–water partition coefficient (Wildman–Crippen LogP) is 4.24. The van der Waals surface area contributed by atoms with Crippen LogP contribution in [0.4, 0.5) is 20.4 Å². The normalized spacial score (nSPS) is 11.5. The van der Waals surface area contributed by atoms with Gasteiger partial charge < -0.3 is 4.74 Å². The molecule has 0 saturated carbocycles. The highest BCUT2D eigenvalue weighted by molar-refractivity contribution is 7.92. The third kappa shape index (κ3) is 4.81. The number of nitrogens with one attached hydrogen (secondary N) is 2. The van der Waals surface area contributed by atoms with Crippen molar-refractivity contribution in [2.24, 2.45) is 0 Å². The summed E-state index contributed by atoms with van der Waals surface area (Å²) >= 11 is 0. The van der Waals surface area contributed by atoms with Crippen LogP contribution in [0.2, 0.25) is 0 Å². The molecule has 0 amide bonds. The number of hydrogen-bond donors (Lipinski definition) is 3. The van der Waals surface area contributed by atoms with Crippen molar-refractivity contribution in [2.75, 3.05) is 17.6 Å². The third-order valence-corrected chi connectivity index (χ3v) is 7.23. The fraction of sp³-hybridized carbons (Fsp3) is 0.0769. The molecule has 4 N–H and O–H groups in total. The van der Waals surface area contributed by atoms with Gasteiger partial charge in [0.2, 0.25) is 5.88 Å². The zero-order valence-corrected chi connectivity index (χ0v) is 20.4. The number of sulfonamides is 1. The molecule has 0 unspecified atom stereocenters. The number of rotatable bonds is 7. The van der Waals surface area contributed by atoms with E-state index < -0.39 is 26.6 Å². The first kappa shape index (κ1) is 24.2. The molecule has 0 atom stereocenters. The number of nitrogens with zero attached hydrogens (tertiary/aromatic N) is 2. The van der Waals surface area contributed by atoms with Crippen molar-refractivity contribution >= 4 is 32.7 Å². The molecule has 0 aliphatic rings. The highest BCUT2D eigenvalue weighted by atomic mass is 32.2. The van der Waals surface area contributed by atoms with E-state index in [0.717, 1.165) is 34.3 Å². The number of methoxy groups -OCH3 is 1. The van der Waals surface area contributed by atoms with E-state index in [1.165, 1.54) is 19.4 Å². The predicted molar refractivity (Wildman–Crippen MR) is 135 cm³/mol. The number of nitrogens with two attached hydrogens (primary N) is 1. The first-order chi connectivity index (χ1) is 17.7. The van der Waals surface area contributed by atoms with Gasteiger partial charge in [0.15, 0.2) is 0 Å². The zero-order chi connectivity index (χ0) is 26.2. The van der Waals surface area contributed by atoms with E-state index in [2.05, 4.69) is 14.7 Å². The molecule has 188 valence electrons. The van der Waals surface area contributed by atoms with Crippen molar-refractivity contribution in [2.45, 2.75) is 11.4 Å². The number of halogens is 2. The summed E-state index contributed by atoms with van der Waals surface area (Å²) in [6.45, 7) is 0.547. The Morgan fingerprint density at radius 2 is 1.81 bits per heavy atom. The van der Waals surface area contributed by atoms with E-state index in [1.807, 2.05) is 53.1 Å². The van der Waals surface area contributed by atoms with Gasteiger partial charge in [-0.05, 0) is 41.5 Å². The molecule has 2 heterocycles. The monoisotopic (exact) mass is 522 g/mol. The maximum atomic E-state index is 14.2. The van der Waals surface area contributed by atoms with Gasteiger partial charge >= 0.3 is 5.95 Å². The van der Waals surface area contributed by atoms with Gasteiger partial charge in [-0.2, -0.15) is 0 Å². The molecule has 0 aliphatic heterocycles. The first-order valence-electron chi connectivity index (χ1n) is 11.1. The van der Waals surface area contributed by atoms with Crippen LogP contribution in [0.5, 0.6) is 5.88 Å². The van der Waals surface area contributed by atoms with E-state index in [4.69, 9.17) is 10.5 Å². The Bertz CT molecular complexity index is 1720. The summed E-state index contributed by atoms with van der Waals surface area (Å²) in [5, 5.41) is 0. The smallest absolute Gasteiger partial charge is 0.353 e. The number of aromatic nitrogens is 3. The average Bonchev–Trinajstić information content (AvgIpc) is 3.18. The van der Waals surface area contributed by atoms with Crippen molar-refractivity contribution in [1.82, 2.24) is 9.97 Å². The second-order valence-electron chi connectivity index (χ2n) is 8.27. The van der Waals surface area contributed by atoms with Gasteiger partial charge in [0.1, 0.15) is 33.3 Å². The highest BCUT2D eigenvalue weighted by Crippen LogP contribution is 2.31. The second kappa shape index (κ2) is 9.51. The summed E-state index contributed by atoms with van der Waals surface area (Å²) in [6, 6.07) is 19.2. The van der Waals surface area contributed by atoms with Crippen molar-refractivity contribution in [3.8, 4) is 17.0 Å². The van der Waals surface area contributed by atoms with Crippen LogP contribution in [0.1, 0.15) is 5.56 Å².